The Morgan fingerprint density at radius 3 is 3.17 bits per heavy atom. The summed E-state index contributed by atoms with van der Waals surface area (Å²) in [5, 5.41) is 6.11. The number of carbonyl (C=O) groups is 1. The summed E-state index contributed by atoms with van der Waals surface area (Å²) in [4.78, 5) is 11.2. The fraction of sp³-hybridized carbons (Fsp3) is 0.250. The Morgan fingerprint density at radius 1 is 1.92 bits per heavy atom. The molecule has 0 saturated heterocycles. The Kier molecular flexibility index (Phi) is 2.63. The molecular weight excluding hydrogens is 156 g/mol. The number of amides is 1. The summed E-state index contributed by atoms with van der Waals surface area (Å²) >= 11 is 0. The van der Waals surface area contributed by atoms with E-state index in [0.29, 0.717) is 17.9 Å². The van der Waals surface area contributed by atoms with Crippen LogP contribution in [0.15, 0.2) is 23.4 Å². The van der Waals surface area contributed by atoms with E-state index in [1.807, 2.05) is 0 Å². The topological polar surface area (TPSA) is 55.1 Å². The summed E-state index contributed by atoms with van der Waals surface area (Å²) in [6, 6.07) is 0. The number of carbonyl (C=O) groups excluding carboxylic acids is 1. The third kappa shape index (κ3) is 1.72. The summed E-state index contributed by atoms with van der Waals surface area (Å²) in [5.41, 5.74) is 0.469. The van der Waals surface area contributed by atoms with Crippen LogP contribution in [0.3, 0.4) is 0 Å². The van der Waals surface area contributed by atoms with Gasteiger partial charge in [-0.2, -0.15) is 0 Å². The fourth-order valence-corrected chi connectivity index (χ4v) is 0.777. The van der Waals surface area contributed by atoms with Gasteiger partial charge in [0.2, 0.25) is 0 Å². The summed E-state index contributed by atoms with van der Waals surface area (Å²) in [5.74, 6) is 0.338. The number of aromatic nitrogens is 1. The van der Waals surface area contributed by atoms with Crippen LogP contribution in [0.5, 0.6) is 0 Å². The Balaban J connectivity index is 2.65. The maximum absolute atomic E-state index is 11.2. The van der Waals surface area contributed by atoms with Crippen LogP contribution in [0.1, 0.15) is 16.1 Å². The zero-order chi connectivity index (χ0) is 8.97. The number of nitrogens with zero attached hydrogens (tertiary/aromatic N) is 1. The van der Waals surface area contributed by atoms with Gasteiger partial charge in [0.05, 0.1) is 6.20 Å². The zero-order valence-corrected chi connectivity index (χ0v) is 6.83. The Labute approximate surface area is 70.2 Å². The molecule has 0 unspecified atom stereocenters. The molecule has 0 saturated carbocycles. The van der Waals surface area contributed by atoms with Crippen molar-refractivity contribution in [2.24, 2.45) is 0 Å². The molecule has 1 aromatic heterocycles. The maximum Gasteiger partial charge on any atom is 0.256 e. The molecule has 0 radical (unpaired) electrons. The highest BCUT2D eigenvalue weighted by Gasteiger charge is 2.10. The quantitative estimate of drug-likeness (QED) is 0.678. The second kappa shape index (κ2) is 3.71. The molecule has 0 bridgehead atoms. The largest absolute Gasteiger partial charge is 0.361 e. The molecule has 0 aliphatic heterocycles. The fourth-order valence-electron chi connectivity index (χ4n) is 0.777. The number of aryl methyl sites for hydroxylation is 1. The molecule has 0 fully saturated rings. The van der Waals surface area contributed by atoms with E-state index < -0.39 is 0 Å². The summed E-state index contributed by atoms with van der Waals surface area (Å²) in [7, 11) is 0. The van der Waals surface area contributed by atoms with Crippen LogP contribution in [0.4, 0.5) is 0 Å². The Bertz CT molecular complexity index is 291. The number of hydrogen-bond donors (Lipinski definition) is 1. The normalized spacial score (nSPS) is 9.42. The molecule has 4 nitrogen and oxygen atoms in total. The lowest BCUT2D eigenvalue weighted by Gasteiger charge is -1.97. The maximum atomic E-state index is 11.2. The van der Waals surface area contributed by atoms with E-state index in [4.69, 9.17) is 4.52 Å². The van der Waals surface area contributed by atoms with Crippen LogP contribution in [0.25, 0.3) is 0 Å². The van der Waals surface area contributed by atoms with Crippen molar-refractivity contribution in [3.8, 4) is 0 Å². The average molecular weight is 166 g/mol. The SMILES string of the molecule is C=CCNC(=O)c1cnoc1C. The van der Waals surface area contributed by atoms with Gasteiger partial charge < -0.3 is 9.84 Å². The van der Waals surface area contributed by atoms with Gasteiger partial charge in [-0.05, 0) is 6.92 Å². The second-order valence-corrected chi connectivity index (χ2v) is 2.29. The molecule has 1 aromatic rings. The van der Waals surface area contributed by atoms with Gasteiger partial charge in [-0.25, -0.2) is 0 Å². The molecule has 0 aromatic carbocycles. The lowest BCUT2D eigenvalue weighted by atomic mass is 10.2. The first-order chi connectivity index (χ1) is 5.75. The predicted molar refractivity (Wildman–Crippen MR) is 43.8 cm³/mol. The van der Waals surface area contributed by atoms with E-state index in [9.17, 15) is 4.79 Å². The van der Waals surface area contributed by atoms with Crippen molar-refractivity contribution in [1.29, 1.82) is 0 Å². The molecular formula is C8H10N2O2. The third-order valence-corrected chi connectivity index (χ3v) is 1.40. The Morgan fingerprint density at radius 2 is 2.67 bits per heavy atom. The summed E-state index contributed by atoms with van der Waals surface area (Å²) in [6.07, 6.45) is 3.01. The molecule has 0 atom stereocenters. The van der Waals surface area contributed by atoms with E-state index in [1.54, 1.807) is 13.0 Å². The highest BCUT2D eigenvalue weighted by atomic mass is 16.5. The van der Waals surface area contributed by atoms with Gasteiger partial charge >= 0.3 is 0 Å². The van der Waals surface area contributed by atoms with Gasteiger partial charge in [0.25, 0.3) is 5.91 Å². The smallest absolute Gasteiger partial charge is 0.256 e. The van der Waals surface area contributed by atoms with Crippen LogP contribution >= 0.6 is 0 Å². The van der Waals surface area contributed by atoms with Gasteiger partial charge in [0, 0.05) is 6.54 Å². The van der Waals surface area contributed by atoms with Crippen LogP contribution in [-0.4, -0.2) is 17.6 Å². The Hall–Kier alpha value is -1.58. The average Bonchev–Trinajstić information content (AvgIpc) is 2.47. The number of nitrogens with one attached hydrogen (secondary N) is 1. The third-order valence-electron chi connectivity index (χ3n) is 1.40. The first kappa shape index (κ1) is 8.52. The van der Waals surface area contributed by atoms with Crippen molar-refractivity contribution < 1.29 is 9.32 Å². The number of rotatable bonds is 3. The van der Waals surface area contributed by atoms with Crippen molar-refractivity contribution in [3.63, 3.8) is 0 Å². The van der Waals surface area contributed by atoms with Crippen LogP contribution in [0.2, 0.25) is 0 Å². The minimum atomic E-state index is -0.186. The van der Waals surface area contributed by atoms with Crippen molar-refractivity contribution in [2.75, 3.05) is 6.54 Å². The first-order valence-corrected chi connectivity index (χ1v) is 3.56. The molecule has 64 valence electrons. The van der Waals surface area contributed by atoms with Gasteiger partial charge in [-0.1, -0.05) is 11.2 Å². The van der Waals surface area contributed by atoms with Crippen molar-refractivity contribution >= 4 is 5.91 Å². The zero-order valence-electron chi connectivity index (χ0n) is 6.83. The van der Waals surface area contributed by atoms with E-state index in [2.05, 4.69) is 17.1 Å². The minimum Gasteiger partial charge on any atom is -0.361 e. The van der Waals surface area contributed by atoms with Crippen molar-refractivity contribution in [3.05, 3.63) is 30.2 Å². The first-order valence-electron chi connectivity index (χ1n) is 3.56. The van der Waals surface area contributed by atoms with Gasteiger partial charge in [-0.3, -0.25) is 4.79 Å². The lowest BCUT2D eigenvalue weighted by molar-refractivity contribution is 0.0956. The van der Waals surface area contributed by atoms with Crippen LogP contribution < -0.4 is 5.32 Å². The van der Waals surface area contributed by atoms with Crippen LogP contribution in [-0.2, 0) is 0 Å². The standard InChI is InChI=1S/C8H10N2O2/c1-3-4-9-8(11)7-5-10-12-6(7)2/h3,5H,1,4H2,2H3,(H,9,11). The molecule has 4 heteroatoms. The molecule has 0 aliphatic rings. The van der Waals surface area contributed by atoms with Crippen LogP contribution in [0, 0.1) is 6.92 Å². The van der Waals surface area contributed by atoms with Gasteiger partial charge in [0.1, 0.15) is 11.3 Å². The summed E-state index contributed by atoms with van der Waals surface area (Å²) in [6.45, 7) is 5.62. The monoisotopic (exact) mass is 166 g/mol. The minimum absolute atomic E-state index is 0.186. The number of hydrogen-bond acceptors (Lipinski definition) is 3. The lowest BCUT2D eigenvalue weighted by Crippen LogP contribution is -2.23. The molecule has 1 rings (SSSR count). The molecule has 1 amide bonds. The predicted octanol–water partition coefficient (Wildman–Crippen LogP) is 0.899. The van der Waals surface area contributed by atoms with E-state index >= 15 is 0 Å². The van der Waals surface area contributed by atoms with Gasteiger partial charge in [0.15, 0.2) is 0 Å². The molecule has 1 heterocycles. The molecule has 0 aliphatic carbocycles. The summed E-state index contributed by atoms with van der Waals surface area (Å²) < 4.78 is 4.73. The van der Waals surface area contributed by atoms with Crippen molar-refractivity contribution in [1.82, 2.24) is 10.5 Å². The van der Waals surface area contributed by atoms with Gasteiger partial charge in [-0.15, -0.1) is 6.58 Å². The van der Waals surface area contributed by atoms with Crippen molar-refractivity contribution in [2.45, 2.75) is 6.92 Å². The highest BCUT2D eigenvalue weighted by molar-refractivity contribution is 5.94. The second-order valence-electron chi connectivity index (χ2n) is 2.29. The molecule has 12 heavy (non-hydrogen) atoms. The van der Waals surface area contributed by atoms with E-state index in [1.165, 1.54) is 6.20 Å². The van der Waals surface area contributed by atoms with E-state index in [-0.39, 0.29) is 5.91 Å². The highest BCUT2D eigenvalue weighted by Crippen LogP contribution is 2.04. The van der Waals surface area contributed by atoms with E-state index in [0.717, 1.165) is 0 Å². The molecule has 1 N–H and O–H groups in total. The molecule has 0 spiro atoms.